The van der Waals surface area contributed by atoms with E-state index in [1.807, 2.05) is 0 Å². The highest BCUT2D eigenvalue weighted by Gasteiger charge is 2.23. The minimum Gasteiger partial charge on any atom is -0.390 e. The van der Waals surface area contributed by atoms with Crippen LogP contribution in [0.15, 0.2) is 0 Å². The van der Waals surface area contributed by atoms with E-state index in [0.717, 1.165) is 45.3 Å². The van der Waals surface area contributed by atoms with Gasteiger partial charge in [0.2, 0.25) is 0 Å². The molecule has 2 aliphatic rings. The molecule has 0 bridgehead atoms. The Balaban J connectivity index is 1.66. The van der Waals surface area contributed by atoms with E-state index in [2.05, 4.69) is 17.1 Å². The zero-order chi connectivity index (χ0) is 14.2. The van der Waals surface area contributed by atoms with Crippen molar-refractivity contribution in [1.29, 1.82) is 0 Å². The molecule has 0 radical (unpaired) electrons. The predicted octanol–water partition coefficient (Wildman–Crippen LogP) is 1.63. The first kappa shape index (κ1) is 16.2. The van der Waals surface area contributed by atoms with Gasteiger partial charge in [0, 0.05) is 32.2 Å². The van der Waals surface area contributed by atoms with Gasteiger partial charge in [0.05, 0.1) is 19.3 Å². The molecule has 4 nitrogen and oxygen atoms in total. The molecule has 2 fully saturated rings. The Bertz CT molecular complexity index is 251. The second kappa shape index (κ2) is 8.98. The zero-order valence-corrected chi connectivity index (χ0v) is 13.0. The van der Waals surface area contributed by atoms with Gasteiger partial charge in [0.15, 0.2) is 0 Å². The van der Waals surface area contributed by atoms with Crippen molar-refractivity contribution >= 4 is 0 Å². The van der Waals surface area contributed by atoms with E-state index in [9.17, 15) is 5.11 Å². The summed E-state index contributed by atoms with van der Waals surface area (Å²) < 4.78 is 5.34. The molecular weight excluding hydrogens is 252 g/mol. The molecule has 4 heteroatoms. The first-order chi connectivity index (χ1) is 9.79. The molecular formula is C16H32N2O2. The molecule has 1 saturated carbocycles. The van der Waals surface area contributed by atoms with E-state index in [1.54, 1.807) is 0 Å². The number of rotatable bonds is 7. The average Bonchev–Trinajstić information content (AvgIpc) is 2.50. The number of aliphatic hydroxyl groups excluding tert-OH is 1. The predicted molar refractivity (Wildman–Crippen MR) is 81.9 cm³/mol. The van der Waals surface area contributed by atoms with Crippen molar-refractivity contribution in [3.63, 3.8) is 0 Å². The Morgan fingerprint density at radius 1 is 1.20 bits per heavy atom. The Hall–Kier alpha value is -0.160. The maximum atomic E-state index is 10.2. The van der Waals surface area contributed by atoms with Crippen LogP contribution in [0.1, 0.15) is 45.4 Å². The number of hydrogen-bond donors (Lipinski definition) is 2. The van der Waals surface area contributed by atoms with Crippen molar-refractivity contribution in [2.45, 2.75) is 57.6 Å². The quantitative estimate of drug-likeness (QED) is 0.746. The van der Waals surface area contributed by atoms with Gasteiger partial charge >= 0.3 is 0 Å². The van der Waals surface area contributed by atoms with Crippen LogP contribution in [-0.2, 0) is 4.74 Å². The summed E-state index contributed by atoms with van der Waals surface area (Å²) >= 11 is 0. The van der Waals surface area contributed by atoms with Gasteiger partial charge in [-0.15, -0.1) is 0 Å². The van der Waals surface area contributed by atoms with Gasteiger partial charge < -0.3 is 15.2 Å². The summed E-state index contributed by atoms with van der Waals surface area (Å²) in [5, 5.41) is 13.8. The topological polar surface area (TPSA) is 44.7 Å². The number of ether oxygens (including phenoxy) is 1. The smallest absolute Gasteiger partial charge is 0.0791 e. The Morgan fingerprint density at radius 2 is 1.90 bits per heavy atom. The number of nitrogens with zero attached hydrogens (tertiary/aromatic N) is 1. The second-order valence-electron chi connectivity index (χ2n) is 6.39. The van der Waals surface area contributed by atoms with E-state index in [1.165, 1.54) is 38.5 Å². The van der Waals surface area contributed by atoms with Gasteiger partial charge in [-0.1, -0.05) is 26.2 Å². The van der Waals surface area contributed by atoms with Crippen LogP contribution in [0.5, 0.6) is 0 Å². The number of hydrogen-bond acceptors (Lipinski definition) is 4. The summed E-state index contributed by atoms with van der Waals surface area (Å²) in [5.41, 5.74) is 0. The van der Waals surface area contributed by atoms with Crippen LogP contribution in [0.2, 0.25) is 0 Å². The van der Waals surface area contributed by atoms with Crippen LogP contribution < -0.4 is 5.32 Å². The number of aliphatic hydroxyl groups is 1. The van der Waals surface area contributed by atoms with Gasteiger partial charge in [-0.3, -0.25) is 4.90 Å². The van der Waals surface area contributed by atoms with Crippen LogP contribution in [0, 0.1) is 5.92 Å². The molecule has 2 N–H and O–H groups in total. The maximum absolute atomic E-state index is 10.2. The minimum atomic E-state index is -0.259. The van der Waals surface area contributed by atoms with Crippen molar-refractivity contribution in [2.24, 2.45) is 5.92 Å². The molecule has 1 saturated heterocycles. The molecule has 2 atom stereocenters. The van der Waals surface area contributed by atoms with Gasteiger partial charge in [0.25, 0.3) is 0 Å². The Labute approximate surface area is 123 Å². The maximum Gasteiger partial charge on any atom is 0.0791 e. The molecule has 1 heterocycles. The fourth-order valence-electron chi connectivity index (χ4n) is 3.61. The highest BCUT2D eigenvalue weighted by atomic mass is 16.5. The average molecular weight is 284 g/mol. The van der Waals surface area contributed by atoms with Gasteiger partial charge in [-0.05, 0) is 25.2 Å². The normalized spacial score (nSPS) is 25.5. The molecule has 2 rings (SSSR count). The molecule has 2 unspecified atom stereocenters. The van der Waals surface area contributed by atoms with Crippen LogP contribution in [0.3, 0.4) is 0 Å². The van der Waals surface area contributed by atoms with E-state index in [4.69, 9.17) is 4.74 Å². The third kappa shape index (κ3) is 5.32. The Morgan fingerprint density at radius 3 is 2.55 bits per heavy atom. The summed E-state index contributed by atoms with van der Waals surface area (Å²) in [6.45, 7) is 7.29. The zero-order valence-electron chi connectivity index (χ0n) is 13.0. The van der Waals surface area contributed by atoms with Crippen LogP contribution in [0.25, 0.3) is 0 Å². The lowest BCUT2D eigenvalue weighted by molar-refractivity contribution is 0.0139. The molecule has 0 aromatic heterocycles. The molecule has 118 valence electrons. The lowest BCUT2D eigenvalue weighted by atomic mass is 9.83. The fourth-order valence-corrected chi connectivity index (χ4v) is 3.61. The molecule has 1 aliphatic carbocycles. The molecule has 0 amide bonds. The Kier molecular flexibility index (Phi) is 7.28. The summed E-state index contributed by atoms with van der Waals surface area (Å²) in [4.78, 5) is 2.30. The first-order valence-corrected chi connectivity index (χ1v) is 8.51. The highest BCUT2D eigenvalue weighted by molar-refractivity contribution is 4.80. The van der Waals surface area contributed by atoms with E-state index >= 15 is 0 Å². The third-order valence-corrected chi connectivity index (χ3v) is 4.85. The molecule has 20 heavy (non-hydrogen) atoms. The first-order valence-electron chi connectivity index (χ1n) is 8.51. The summed E-state index contributed by atoms with van der Waals surface area (Å²) in [5.74, 6) is 0.823. The van der Waals surface area contributed by atoms with Crippen molar-refractivity contribution in [1.82, 2.24) is 10.2 Å². The third-order valence-electron chi connectivity index (χ3n) is 4.85. The van der Waals surface area contributed by atoms with Gasteiger partial charge in [-0.2, -0.15) is 0 Å². The summed E-state index contributed by atoms with van der Waals surface area (Å²) in [6.07, 6.45) is 7.83. The van der Waals surface area contributed by atoms with Crippen LogP contribution in [0.4, 0.5) is 0 Å². The van der Waals surface area contributed by atoms with Crippen molar-refractivity contribution in [3.8, 4) is 0 Å². The number of β-amino-alcohol motifs (C(OH)–C–C–N with tert-alkyl or cyclic N) is 1. The van der Waals surface area contributed by atoms with Crippen molar-refractivity contribution in [3.05, 3.63) is 0 Å². The largest absolute Gasteiger partial charge is 0.390 e. The highest BCUT2D eigenvalue weighted by Crippen LogP contribution is 2.27. The summed E-state index contributed by atoms with van der Waals surface area (Å²) in [6, 6.07) is 0.592. The van der Waals surface area contributed by atoms with Crippen LogP contribution in [-0.4, -0.2) is 61.5 Å². The van der Waals surface area contributed by atoms with Crippen LogP contribution >= 0.6 is 0 Å². The fraction of sp³-hybridized carbons (Fsp3) is 1.00. The molecule has 1 aliphatic heterocycles. The number of morpholine rings is 1. The second-order valence-corrected chi connectivity index (χ2v) is 6.39. The van der Waals surface area contributed by atoms with Gasteiger partial charge in [-0.25, -0.2) is 0 Å². The SMILES string of the molecule is CCC(NCC(O)CN1CCOCC1)C1CCCCC1. The molecule has 0 aromatic carbocycles. The lowest BCUT2D eigenvalue weighted by Crippen LogP contribution is -2.46. The molecule has 0 spiro atoms. The molecule has 0 aromatic rings. The summed E-state index contributed by atoms with van der Waals surface area (Å²) in [7, 11) is 0. The standard InChI is InChI=1S/C16H32N2O2/c1-2-16(14-6-4-3-5-7-14)17-12-15(19)13-18-8-10-20-11-9-18/h14-17,19H,2-13H2,1H3. The number of nitrogens with one attached hydrogen (secondary N) is 1. The monoisotopic (exact) mass is 284 g/mol. The van der Waals surface area contributed by atoms with E-state index < -0.39 is 0 Å². The minimum absolute atomic E-state index is 0.259. The lowest BCUT2D eigenvalue weighted by Gasteiger charge is -2.32. The van der Waals surface area contributed by atoms with E-state index in [-0.39, 0.29) is 6.10 Å². The van der Waals surface area contributed by atoms with Gasteiger partial charge in [0.1, 0.15) is 0 Å². The van der Waals surface area contributed by atoms with E-state index in [0.29, 0.717) is 6.04 Å². The van der Waals surface area contributed by atoms with Crippen molar-refractivity contribution < 1.29 is 9.84 Å². The van der Waals surface area contributed by atoms with Crippen molar-refractivity contribution in [2.75, 3.05) is 39.4 Å².